The van der Waals surface area contributed by atoms with Crippen LogP contribution in [0, 0.1) is 0 Å². The van der Waals surface area contributed by atoms with Gasteiger partial charge < -0.3 is 19.5 Å². The Morgan fingerprint density at radius 1 is 0.963 bits per heavy atom. The Hall–Kier alpha value is -2.90. The van der Waals surface area contributed by atoms with Crippen LogP contribution >= 0.6 is 0 Å². The molecule has 2 fully saturated rings. The van der Waals surface area contributed by atoms with E-state index in [1.54, 1.807) is 18.2 Å². The molecular formula is C20H22N4O3. The number of nitrogens with zero attached hydrogens (tertiary/aromatic N) is 4. The van der Waals surface area contributed by atoms with Crippen LogP contribution in [0.15, 0.2) is 54.9 Å². The highest BCUT2D eigenvalue weighted by atomic mass is 16.5. The van der Waals surface area contributed by atoms with Gasteiger partial charge in [-0.2, -0.15) is 4.98 Å². The number of rotatable bonds is 3. The van der Waals surface area contributed by atoms with Crippen LogP contribution in [0.3, 0.4) is 0 Å². The van der Waals surface area contributed by atoms with E-state index in [2.05, 4.69) is 18.1 Å². The van der Waals surface area contributed by atoms with Crippen molar-refractivity contribution in [2.45, 2.75) is 0 Å². The first-order chi connectivity index (χ1) is 13.1. The van der Waals surface area contributed by atoms with E-state index in [0.29, 0.717) is 38.2 Å². The van der Waals surface area contributed by atoms with Gasteiger partial charge >= 0.3 is 0 Å². The first-order valence-electron chi connectivity index (χ1n) is 8.86. The van der Waals surface area contributed by atoms with Crippen LogP contribution in [0.4, 0.5) is 11.8 Å². The van der Waals surface area contributed by atoms with Gasteiger partial charge in [0.25, 0.3) is 0 Å². The summed E-state index contributed by atoms with van der Waals surface area (Å²) in [7, 11) is 0. The Morgan fingerprint density at radius 2 is 1.70 bits per heavy atom. The minimum atomic E-state index is 0.195. The van der Waals surface area contributed by atoms with Crippen LogP contribution in [0.1, 0.15) is 0 Å². The molecule has 2 saturated heterocycles. The Kier molecular flexibility index (Phi) is 4.79. The Morgan fingerprint density at radius 3 is 2.41 bits per heavy atom. The van der Waals surface area contributed by atoms with E-state index in [1.165, 1.54) is 0 Å². The lowest BCUT2D eigenvalue weighted by Crippen LogP contribution is -2.38. The molecule has 0 aliphatic carbocycles. The van der Waals surface area contributed by atoms with Gasteiger partial charge in [0.2, 0.25) is 5.95 Å². The third-order valence-corrected chi connectivity index (χ3v) is 4.54. The van der Waals surface area contributed by atoms with E-state index in [9.17, 15) is 5.11 Å². The molecule has 1 aromatic carbocycles. The number of hydrogen-bond donors (Lipinski definition) is 1. The topological polar surface area (TPSA) is 71.0 Å². The first kappa shape index (κ1) is 17.5. The van der Waals surface area contributed by atoms with Crippen LogP contribution < -0.4 is 9.80 Å². The maximum atomic E-state index is 9.87. The molecule has 3 heterocycles. The lowest BCUT2D eigenvalue weighted by molar-refractivity contribution is 0.122. The summed E-state index contributed by atoms with van der Waals surface area (Å²) in [6.45, 7) is 11.8. The quantitative estimate of drug-likeness (QED) is 0.895. The normalized spacial score (nSPS) is 18.1. The highest BCUT2D eigenvalue weighted by Crippen LogP contribution is 2.31. The number of aromatic nitrogens is 2. The highest BCUT2D eigenvalue weighted by Gasteiger charge is 2.24. The third-order valence-electron chi connectivity index (χ3n) is 4.54. The fourth-order valence-electron chi connectivity index (χ4n) is 3.22. The zero-order valence-electron chi connectivity index (χ0n) is 15.1. The smallest absolute Gasteiger partial charge is 0.228 e. The van der Waals surface area contributed by atoms with Crippen LogP contribution in [-0.4, -0.2) is 54.6 Å². The molecule has 27 heavy (non-hydrogen) atoms. The first-order valence-corrected chi connectivity index (χ1v) is 8.86. The van der Waals surface area contributed by atoms with E-state index in [1.807, 2.05) is 17.0 Å². The Labute approximate surface area is 158 Å². The van der Waals surface area contributed by atoms with Gasteiger partial charge in [-0.3, -0.25) is 4.90 Å². The molecule has 0 bridgehead atoms. The summed E-state index contributed by atoms with van der Waals surface area (Å²) in [6.07, 6.45) is 0. The number of ether oxygens (including phenoxy) is 2. The molecule has 0 atom stereocenters. The van der Waals surface area contributed by atoms with Crippen LogP contribution in [0.25, 0.3) is 11.3 Å². The minimum absolute atomic E-state index is 0.195. The van der Waals surface area contributed by atoms with Crippen molar-refractivity contribution in [2.24, 2.45) is 0 Å². The number of phenolic OH excluding ortho intramolecular Hbond substituents is 1. The van der Waals surface area contributed by atoms with E-state index < -0.39 is 0 Å². The Balaban J connectivity index is 1.81. The summed E-state index contributed by atoms with van der Waals surface area (Å²) >= 11 is 0. The van der Waals surface area contributed by atoms with Crippen molar-refractivity contribution in [3.05, 3.63) is 54.9 Å². The second-order valence-electron chi connectivity index (χ2n) is 6.52. The Bertz CT molecular complexity index is 861. The summed E-state index contributed by atoms with van der Waals surface area (Å²) in [5, 5.41) is 9.87. The minimum Gasteiger partial charge on any atom is -0.508 e. The van der Waals surface area contributed by atoms with Gasteiger partial charge in [-0.15, -0.1) is 0 Å². The predicted molar refractivity (Wildman–Crippen MR) is 104 cm³/mol. The van der Waals surface area contributed by atoms with Gasteiger partial charge in [-0.1, -0.05) is 25.3 Å². The molecule has 1 aromatic heterocycles. The molecule has 0 spiro atoms. The summed E-state index contributed by atoms with van der Waals surface area (Å²) in [6, 6.07) is 8.93. The molecule has 2 aliphatic heterocycles. The molecule has 0 unspecified atom stereocenters. The number of morpholine rings is 2. The predicted octanol–water partition coefficient (Wildman–Crippen LogP) is 2.55. The lowest BCUT2D eigenvalue weighted by Gasteiger charge is -2.33. The van der Waals surface area contributed by atoms with Crippen molar-refractivity contribution in [2.75, 3.05) is 49.3 Å². The third kappa shape index (κ3) is 3.65. The standard InChI is InChI=1S/C20H22N4O3/c1-14-12-27-13-15(2)24(14)19-11-18(16-4-3-5-17(25)10-16)21-20(22-19)23-6-8-26-9-7-23/h3-5,10-11,25H,1-2,6-9,12-13H2. The summed E-state index contributed by atoms with van der Waals surface area (Å²) in [5.41, 5.74) is 3.10. The van der Waals surface area contributed by atoms with Crippen molar-refractivity contribution in [1.29, 1.82) is 0 Å². The molecular weight excluding hydrogens is 344 g/mol. The van der Waals surface area contributed by atoms with Crippen molar-refractivity contribution in [3.8, 4) is 17.0 Å². The maximum Gasteiger partial charge on any atom is 0.228 e. The molecule has 0 amide bonds. The van der Waals surface area contributed by atoms with Gasteiger partial charge in [0, 0.05) is 36.1 Å². The largest absolute Gasteiger partial charge is 0.508 e. The molecule has 1 N–H and O–H groups in total. The number of hydrogen-bond acceptors (Lipinski definition) is 7. The van der Waals surface area contributed by atoms with Crippen LogP contribution in [0.2, 0.25) is 0 Å². The van der Waals surface area contributed by atoms with Gasteiger partial charge in [0.15, 0.2) is 0 Å². The molecule has 4 rings (SSSR count). The molecule has 7 nitrogen and oxygen atoms in total. The van der Waals surface area contributed by atoms with Crippen molar-refractivity contribution >= 4 is 11.8 Å². The molecule has 140 valence electrons. The van der Waals surface area contributed by atoms with E-state index in [-0.39, 0.29) is 5.75 Å². The second-order valence-corrected chi connectivity index (χ2v) is 6.52. The maximum absolute atomic E-state index is 9.87. The van der Waals surface area contributed by atoms with E-state index in [0.717, 1.165) is 35.7 Å². The molecule has 2 aromatic rings. The summed E-state index contributed by atoms with van der Waals surface area (Å²) in [5.74, 6) is 1.52. The zero-order valence-corrected chi connectivity index (χ0v) is 15.1. The van der Waals surface area contributed by atoms with E-state index in [4.69, 9.17) is 19.4 Å². The lowest BCUT2D eigenvalue weighted by atomic mass is 10.1. The SMILES string of the molecule is C=C1COCC(=C)N1c1cc(-c2cccc(O)c2)nc(N2CCOCC2)n1. The molecule has 7 heteroatoms. The number of phenols is 1. The number of benzene rings is 1. The molecule has 2 aliphatic rings. The van der Waals surface area contributed by atoms with Crippen LogP contribution in [0.5, 0.6) is 5.75 Å². The van der Waals surface area contributed by atoms with E-state index >= 15 is 0 Å². The van der Waals surface area contributed by atoms with Gasteiger partial charge in [-0.05, 0) is 12.1 Å². The molecule has 0 saturated carbocycles. The summed E-state index contributed by atoms with van der Waals surface area (Å²) in [4.78, 5) is 13.5. The summed E-state index contributed by atoms with van der Waals surface area (Å²) < 4.78 is 10.9. The fraction of sp³-hybridized carbons (Fsp3) is 0.300. The van der Waals surface area contributed by atoms with Crippen LogP contribution in [-0.2, 0) is 9.47 Å². The number of anilines is 2. The van der Waals surface area contributed by atoms with Crippen molar-refractivity contribution in [3.63, 3.8) is 0 Å². The second kappa shape index (κ2) is 7.38. The molecule has 0 radical (unpaired) electrons. The van der Waals surface area contributed by atoms with Crippen molar-refractivity contribution in [1.82, 2.24) is 9.97 Å². The van der Waals surface area contributed by atoms with Gasteiger partial charge in [-0.25, -0.2) is 4.98 Å². The average molecular weight is 366 g/mol. The highest BCUT2D eigenvalue weighted by molar-refractivity contribution is 5.68. The van der Waals surface area contributed by atoms with Gasteiger partial charge in [0.05, 0.1) is 32.1 Å². The van der Waals surface area contributed by atoms with Crippen molar-refractivity contribution < 1.29 is 14.6 Å². The monoisotopic (exact) mass is 366 g/mol. The van der Waals surface area contributed by atoms with Gasteiger partial charge in [0.1, 0.15) is 11.6 Å². The average Bonchev–Trinajstić information content (AvgIpc) is 2.68. The zero-order chi connectivity index (χ0) is 18.8. The fourth-order valence-corrected chi connectivity index (χ4v) is 3.22. The number of aromatic hydroxyl groups is 1.